The third-order valence-electron chi connectivity index (χ3n) is 6.59. The molecule has 11 heteroatoms. The molecule has 42 heavy (non-hydrogen) atoms. The summed E-state index contributed by atoms with van der Waals surface area (Å²) in [7, 11) is 0. The van der Waals surface area contributed by atoms with Crippen LogP contribution in [-0.4, -0.2) is 25.0 Å². The third kappa shape index (κ3) is 7.17. The number of aliphatic carboxylic acids is 1. The normalized spacial score (nSPS) is 15.4. The van der Waals surface area contributed by atoms with E-state index in [1.807, 2.05) is 6.07 Å². The number of rotatable bonds is 9. The van der Waals surface area contributed by atoms with Crippen LogP contribution in [0.5, 0.6) is 23.0 Å². The fourth-order valence-electron chi connectivity index (χ4n) is 4.51. The number of carbonyl (C=O) groups excluding carboxylic acids is 2. The van der Waals surface area contributed by atoms with Crippen molar-refractivity contribution in [3.05, 3.63) is 117 Å². The topological polar surface area (TPSA) is 96.9 Å². The number of benzene rings is 4. The molecule has 0 spiro atoms. The predicted molar refractivity (Wildman–Crippen MR) is 154 cm³/mol. The Morgan fingerprint density at radius 2 is 1.64 bits per heavy atom. The minimum atomic E-state index is -1.79. The maximum absolute atomic E-state index is 12.9. The standard InChI is InChI=1S/C31H24Cl3NO6.Na/c32-21-8-10-23(11-9-21)40-28-18-22(33)7-5-19(28)13-15-35-29(36)20-6-12-27(25(34)17-20)41-31(30(37)38)14-16-39-26-4-2-1-3-24(26)31;/h1-12,17-18H,13-16H2,(H,35,36)(H,37,38);/q;+1/p-1. The monoisotopic (exact) mass is 633 g/mol. The van der Waals surface area contributed by atoms with Crippen molar-refractivity contribution in [3.8, 4) is 23.0 Å². The number of ether oxygens (including phenoxy) is 3. The molecule has 1 N–H and O–H groups in total. The van der Waals surface area contributed by atoms with E-state index in [0.717, 1.165) is 5.56 Å². The first-order valence-electron chi connectivity index (χ1n) is 12.7. The van der Waals surface area contributed by atoms with Crippen molar-refractivity contribution in [1.82, 2.24) is 5.32 Å². The van der Waals surface area contributed by atoms with Crippen molar-refractivity contribution in [2.45, 2.75) is 18.4 Å². The number of halogens is 3. The van der Waals surface area contributed by atoms with E-state index in [2.05, 4.69) is 5.32 Å². The first kappa shape index (κ1) is 32.0. The Kier molecular flexibility index (Phi) is 10.7. The van der Waals surface area contributed by atoms with E-state index in [4.69, 9.17) is 49.0 Å². The molecule has 0 bridgehead atoms. The number of carboxylic acids is 1. The van der Waals surface area contributed by atoms with Crippen LogP contribution in [0.4, 0.5) is 0 Å². The van der Waals surface area contributed by atoms with Crippen LogP contribution in [0, 0.1) is 0 Å². The predicted octanol–water partition coefficient (Wildman–Crippen LogP) is 3.22. The maximum atomic E-state index is 12.9. The molecule has 1 aliphatic heterocycles. The van der Waals surface area contributed by atoms with Crippen molar-refractivity contribution < 1.29 is 58.5 Å². The molecule has 0 aliphatic carbocycles. The van der Waals surface area contributed by atoms with E-state index in [0.29, 0.717) is 45.8 Å². The van der Waals surface area contributed by atoms with Gasteiger partial charge < -0.3 is 29.4 Å². The molecular weight excluding hydrogens is 612 g/mol. The van der Waals surface area contributed by atoms with Gasteiger partial charge in [0.2, 0.25) is 0 Å². The van der Waals surface area contributed by atoms with Gasteiger partial charge in [0, 0.05) is 34.1 Å². The second-order valence-electron chi connectivity index (χ2n) is 9.27. The zero-order valence-electron chi connectivity index (χ0n) is 22.5. The van der Waals surface area contributed by atoms with Gasteiger partial charge in [-0.2, -0.15) is 0 Å². The molecule has 4 aromatic rings. The SMILES string of the molecule is O=C(NCCc1ccc(Cl)cc1Oc1ccc(Cl)cc1)c1ccc(OC2(C(=O)[O-])CCOc3ccccc32)c(Cl)c1.[Na+]. The number of hydrogen-bond donors (Lipinski definition) is 1. The maximum Gasteiger partial charge on any atom is 1.00 e. The second-order valence-corrected chi connectivity index (χ2v) is 10.6. The Morgan fingerprint density at radius 3 is 2.38 bits per heavy atom. The molecule has 1 unspecified atom stereocenters. The van der Waals surface area contributed by atoms with Crippen LogP contribution in [-0.2, 0) is 16.8 Å². The fraction of sp³-hybridized carbons (Fsp3) is 0.161. The third-order valence-corrected chi connectivity index (χ3v) is 7.37. The number of fused-ring (bicyclic) bond motifs is 1. The van der Waals surface area contributed by atoms with Gasteiger partial charge >= 0.3 is 29.6 Å². The smallest absolute Gasteiger partial charge is 0.545 e. The van der Waals surface area contributed by atoms with Gasteiger partial charge in [0.15, 0.2) is 5.60 Å². The van der Waals surface area contributed by atoms with Gasteiger partial charge in [-0.05, 0) is 72.6 Å². The van der Waals surface area contributed by atoms with E-state index in [9.17, 15) is 14.7 Å². The summed E-state index contributed by atoms with van der Waals surface area (Å²) in [6, 6.07) is 23.4. The van der Waals surface area contributed by atoms with Gasteiger partial charge in [-0.3, -0.25) is 4.79 Å². The Labute approximate surface area is 279 Å². The van der Waals surface area contributed by atoms with E-state index in [1.54, 1.807) is 60.7 Å². The Balaban J connectivity index is 0.00000405. The van der Waals surface area contributed by atoms with Crippen LogP contribution in [0.25, 0.3) is 0 Å². The van der Waals surface area contributed by atoms with Gasteiger partial charge in [-0.25, -0.2) is 0 Å². The molecule has 1 heterocycles. The molecule has 4 aromatic carbocycles. The molecule has 210 valence electrons. The molecule has 0 saturated carbocycles. The molecule has 0 fully saturated rings. The summed E-state index contributed by atoms with van der Waals surface area (Å²) >= 11 is 18.6. The van der Waals surface area contributed by atoms with Crippen molar-refractivity contribution in [2.75, 3.05) is 13.2 Å². The van der Waals surface area contributed by atoms with Crippen LogP contribution in [0.2, 0.25) is 15.1 Å². The first-order chi connectivity index (χ1) is 19.7. The summed E-state index contributed by atoms with van der Waals surface area (Å²) in [5.74, 6) is -0.100. The van der Waals surface area contributed by atoms with E-state index >= 15 is 0 Å². The molecule has 0 saturated heterocycles. The molecule has 1 amide bonds. The summed E-state index contributed by atoms with van der Waals surface area (Å²) in [5, 5.41) is 16.4. The zero-order chi connectivity index (χ0) is 29.0. The fourth-order valence-corrected chi connectivity index (χ4v) is 5.02. The van der Waals surface area contributed by atoms with Crippen LogP contribution in [0.3, 0.4) is 0 Å². The number of carbonyl (C=O) groups is 2. The van der Waals surface area contributed by atoms with Crippen molar-refractivity contribution >= 4 is 46.7 Å². The molecule has 0 aromatic heterocycles. The molecule has 1 atom stereocenters. The minimum absolute atomic E-state index is 0. The number of para-hydroxylation sites is 1. The number of carboxylic acid groups (broad SMARTS) is 1. The Bertz CT molecular complexity index is 1600. The molecule has 0 radical (unpaired) electrons. The van der Waals surface area contributed by atoms with Crippen molar-refractivity contribution in [1.29, 1.82) is 0 Å². The second kappa shape index (κ2) is 14.0. The number of hydrogen-bond acceptors (Lipinski definition) is 6. The largest absolute Gasteiger partial charge is 1.00 e. The van der Waals surface area contributed by atoms with Crippen molar-refractivity contribution in [2.24, 2.45) is 0 Å². The van der Waals surface area contributed by atoms with E-state index in [1.165, 1.54) is 18.2 Å². The molecule has 5 rings (SSSR count). The molecule has 1 aliphatic rings. The summed E-state index contributed by atoms with van der Waals surface area (Å²) < 4.78 is 17.5. The van der Waals surface area contributed by atoms with Crippen molar-refractivity contribution in [3.63, 3.8) is 0 Å². The summed E-state index contributed by atoms with van der Waals surface area (Å²) in [4.78, 5) is 25.2. The average Bonchev–Trinajstić information content (AvgIpc) is 2.96. The first-order valence-corrected chi connectivity index (χ1v) is 13.8. The van der Waals surface area contributed by atoms with Crippen LogP contribution < -0.4 is 54.2 Å². The number of amides is 1. The Morgan fingerprint density at radius 1 is 0.905 bits per heavy atom. The average molecular weight is 635 g/mol. The van der Waals surface area contributed by atoms with E-state index in [-0.39, 0.29) is 64.8 Å². The van der Waals surface area contributed by atoms with Gasteiger partial charge in [0.25, 0.3) is 5.91 Å². The van der Waals surface area contributed by atoms with Crippen LogP contribution >= 0.6 is 34.8 Å². The Hall–Kier alpha value is -2.91. The molecular formula is C31H23Cl3NNaO6. The van der Waals surface area contributed by atoms with Gasteiger partial charge in [0.05, 0.1) is 17.6 Å². The van der Waals surface area contributed by atoms with Crippen LogP contribution in [0.15, 0.2) is 84.9 Å². The minimum Gasteiger partial charge on any atom is -0.545 e. The van der Waals surface area contributed by atoms with Gasteiger partial charge in [-0.1, -0.05) is 59.1 Å². The quantitative estimate of drug-likeness (QED) is 0.284. The van der Waals surface area contributed by atoms with Gasteiger partial charge in [0.1, 0.15) is 23.0 Å². The summed E-state index contributed by atoms with van der Waals surface area (Å²) in [6.07, 6.45) is 0.496. The summed E-state index contributed by atoms with van der Waals surface area (Å²) in [5.41, 5.74) is -0.320. The zero-order valence-corrected chi connectivity index (χ0v) is 26.8. The molecule has 7 nitrogen and oxygen atoms in total. The van der Waals surface area contributed by atoms with Gasteiger partial charge in [-0.15, -0.1) is 0 Å². The summed E-state index contributed by atoms with van der Waals surface area (Å²) in [6.45, 7) is 0.432. The van der Waals surface area contributed by atoms with Crippen LogP contribution in [0.1, 0.15) is 27.9 Å². The number of nitrogens with one attached hydrogen (secondary N) is 1. The van der Waals surface area contributed by atoms with E-state index < -0.39 is 11.6 Å².